The summed E-state index contributed by atoms with van der Waals surface area (Å²) >= 11 is 8.38. The Morgan fingerprint density at radius 2 is 1.96 bits per heavy atom. The van der Waals surface area contributed by atoms with Crippen LogP contribution in [-0.2, 0) is 0 Å². The van der Waals surface area contributed by atoms with Crippen LogP contribution in [0.15, 0.2) is 49.1 Å². The molecule has 24 heavy (non-hydrogen) atoms. The van der Waals surface area contributed by atoms with E-state index in [9.17, 15) is 9.90 Å². The first-order valence-corrected chi connectivity index (χ1v) is 9.02. The highest BCUT2D eigenvalue weighted by molar-refractivity contribution is 9.10. The maximum Gasteiger partial charge on any atom is 0.416 e. The Labute approximate surface area is 156 Å². The molecule has 0 spiro atoms. The largest absolute Gasteiger partial charge is 0.464 e. The Hall–Kier alpha value is -1.91. The fourth-order valence-corrected chi connectivity index (χ4v) is 4.81. The maximum atomic E-state index is 12.0. The van der Waals surface area contributed by atoms with E-state index in [0.29, 0.717) is 22.8 Å². The van der Waals surface area contributed by atoms with Crippen LogP contribution in [0.1, 0.15) is 0 Å². The van der Waals surface area contributed by atoms with Crippen molar-refractivity contribution in [1.82, 2.24) is 20.6 Å². The molecular weight excluding hydrogens is 462 g/mol. The number of nitrogens with one attached hydrogen (secondary N) is 1. The summed E-state index contributed by atoms with van der Waals surface area (Å²) < 4.78 is 1.69. The molecule has 1 aliphatic rings. The maximum absolute atomic E-state index is 12.0. The van der Waals surface area contributed by atoms with Crippen molar-refractivity contribution >= 4 is 61.1 Å². The number of rotatable bonds is 1. The minimum absolute atomic E-state index is 0.333. The monoisotopic (exact) mass is 467 g/mol. The lowest BCUT2D eigenvalue weighted by Gasteiger charge is -2.30. The molecule has 0 saturated carbocycles. The molecule has 1 aliphatic heterocycles. The van der Waals surface area contributed by atoms with Crippen molar-refractivity contribution in [3.63, 3.8) is 0 Å². The van der Waals surface area contributed by atoms with E-state index in [1.807, 2.05) is 18.2 Å². The summed E-state index contributed by atoms with van der Waals surface area (Å²) in [5.41, 5.74) is 1.69. The first kappa shape index (κ1) is 15.6. The normalized spacial score (nSPS) is 12.7. The third-order valence-corrected chi connectivity index (χ3v) is 5.45. The summed E-state index contributed by atoms with van der Waals surface area (Å²) in [6.07, 6.45) is -1.08. The fraction of sp³-hybridized carbons (Fsp3) is 0. The SMILES string of the molecule is O=C(O)N1c2ccc(Br)cc2Sc2cc(Br)cc(-c3nn[nH]n3)c21. The Morgan fingerprint density at radius 3 is 2.67 bits per heavy atom. The third kappa shape index (κ3) is 2.50. The number of tetrazole rings is 1. The van der Waals surface area contributed by atoms with Crippen molar-refractivity contribution < 1.29 is 9.90 Å². The number of hydrogen-bond donors (Lipinski definition) is 2. The van der Waals surface area contributed by atoms with E-state index in [1.54, 1.807) is 12.1 Å². The van der Waals surface area contributed by atoms with Gasteiger partial charge >= 0.3 is 6.09 Å². The number of nitrogens with zero attached hydrogens (tertiary/aromatic N) is 4. The van der Waals surface area contributed by atoms with Gasteiger partial charge in [-0.15, -0.1) is 10.2 Å². The molecule has 0 atom stereocenters. The van der Waals surface area contributed by atoms with Crippen LogP contribution in [-0.4, -0.2) is 31.8 Å². The molecule has 2 aromatic carbocycles. The number of aromatic amines is 1. The summed E-state index contributed by atoms with van der Waals surface area (Å²) in [5.74, 6) is 0.333. The second-order valence-electron chi connectivity index (χ2n) is 4.87. The molecule has 0 unspecified atom stereocenters. The molecule has 1 aromatic heterocycles. The lowest BCUT2D eigenvalue weighted by atomic mass is 10.1. The predicted octanol–water partition coefficient (Wildman–Crippen LogP) is 4.67. The molecule has 2 heterocycles. The minimum Gasteiger partial charge on any atom is -0.464 e. The summed E-state index contributed by atoms with van der Waals surface area (Å²) in [6, 6.07) is 9.14. The number of aromatic nitrogens is 4. The Balaban J connectivity index is 2.02. The van der Waals surface area contributed by atoms with Gasteiger partial charge in [-0.1, -0.05) is 43.6 Å². The first-order valence-electron chi connectivity index (χ1n) is 6.62. The van der Waals surface area contributed by atoms with Gasteiger partial charge in [-0.2, -0.15) is 5.21 Å². The van der Waals surface area contributed by atoms with Crippen molar-refractivity contribution in [3.8, 4) is 11.4 Å². The van der Waals surface area contributed by atoms with Crippen molar-refractivity contribution in [1.29, 1.82) is 0 Å². The van der Waals surface area contributed by atoms with Crippen LogP contribution < -0.4 is 4.90 Å². The molecule has 7 nitrogen and oxygen atoms in total. The molecule has 4 rings (SSSR count). The average molecular weight is 469 g/mol. The third-order valence-electron chi connectivity index (χ3n) is 3.42. The van der Waals surface area contributed by atoms with Crippen molar-refractivity contribution in [2.75, 3.05) is 4.90 Å². The number of H-pyrrole nitrogens is 1. The number of carboxylic acid groups (broad SMARTS) is 1. The van der Waals surface area contributed by atoms with Crippen molar-refractivity contribution in [2.45, 2.75) is 9.79 Å². The van der Waals surface area contributed by atoms with Gasteiger partial charge in [0.2, 0.25) is 5.82 Å². The second-order valence-corrected chi connectivity index (χ2v) is 7.78. The average Bonchev–Trinajstić information content (AvgIpc) is 3.05. The molecule has 2 N–H and O–H groups in total. The molecule has 0 saturated heterocycles. The number of fused-ring (bicyclic) bond motifs is 2. The van der Waals surface area contributed by atoms with Crippen LogP contribution in [0.25, 0.3) is 11.4 Å². The van der Waals surface area contributed by atoms with Gasteiger partial charge in [0, 0.05) is 24.3 Å². The van der Waals surface area contributed by atoms with Crippen molar-refractivity contribution in [2.24, 2.45) is 0 Å². The molecule has 120 valence electrons. The Kier molecular flexibility index (Phi) is 3.82. The smallest absolute Gasteiger partial charge is 0.416 e. The second kappa shape index (κ2) is 5.87. The van der Waals surface area contributed by atoms with E-state index in [0.717, 1.165) is 18.7 Å². The van der Waals surface area contributed by atoms with E-state index in [4.69, 9.17) is 0 Å². The number of halogens is 2. The quantitative estimate of drug-likeness (QED) is 0.538. The van der Waals surface area contributed by atoms with E-state index < -0.39 is 6.09 Å². The first-order chi connectivity index (χ1) is 11.5. The predicted molar refractivity (Wildman–Crippen MR) is 95.7 cm³/mol. The Bertz CT molecular complexity index is 964. The summed E-state index contributed by atoms with van der Waals surface area (Å²) in [4.78, 5) is 14.9. The standard InChI is InChI=1S/C14H7Br2N5O2S/c15-6-1-2-9-10(4-6)24-11-5-7(16)3-8(13-17-19-20-18-13)12(11)21(9)14(22)23/h1-5H,(H,22,23)(H,17,18,19,20). The van der Waals surface area contributed by atoms with Crippen LogP contribution in [0.4, 0.5) is 16.2 Å². The van der Waals surface area contributed by atoms with Gasteiger partial charge in [-0.3, -0.25) is 0 Å². The zero-order chi connectivity index (χ0) is 16.8. The number of anilines is 2. The lowest BCUT2D eigenvalue weighted by Crippen LogP contribution is -2.27. The summed E-state index contributed by atoms with van der Waals surface area (Å²) in [5, 5.41) is 23.8. The molecule has 10 heteroatoms. The van der Waals surface area contributed by atoms with Crippen LogP contribution >= 0.6 is 43.6 Å². The zero-order valence-corrected chi connectivity index (χ0v) is 15.7. The zero-order valence-electron chi connectivity index (χ0n) is 11.7. The highest BCUT2D eigenvalue weighted by Gasteiger charge is 2.32. The van der Waals surface area contributed by atoms with Crippen molar-refractivity contribution in [3.05, 3.63) is 39.3 Å². The highest BCUT2D eigenvalue weighted by Crippen LogP contribution is 2.52. The number of benzene rings is 2. The minimum atomic E-state index is -1.08. The van der Waals surface area contributed by atoms with E-state index in [2.05, 4.69) is 52.5 Å². The molecule has 0 radical (unpaired) electrons. The number of hydrogen-bond acceptors (Lipinski definition) is 5. The van der Waals surface area contributed by atoms with Gasteiger partial charge in [0.05, 0.1) is 11.4 Å². The number of amides is 1. The molecule has 0 aliphatic carbocycles. The summed E-state index contributed by atoms with van der Waals surface area (Å²) in [6.45, 7) is 0. The van der Waals surface area contributed by atoms with Crippen LogP contribution in [0, 0.1) is 0 Å². The van der Waals surface area contributed by atoms with Crippen LogP contribution in [0.5, 0.6) is 0 Å². The fourth-order valence-electron chi connectivity index (χ4n) is 2.52. The van der Waals surface area contributed by atoms with E-state index >= 15 is 0 Å². The molecular formula is C14H7Br2N5O2S. The topological polar surface area (TPSA) is 95.0 Å². The van der Waals surface area contributed by atoms with Gasteiger partial charge in [0.1, 0.15) is 0 Å². The van der Waals surface area contributed by atoms with Gasteiger partial charge in [0.25, 0.3) is 0 Å². The lowest BCUT2D eigenvalue weighted by molar-refractivity contribution is 0.204. The summed E-state index contributed by atoms with van der Waals surface area (Å²) in [7, 11) is 0. The highest BCUT2D eigenvalue weighted by atomic mass is 79.9. The van der Waals surface area contributed by atoms with Crippen LogP contribution in [0.3, 0.4) is 0 Å². The van der Waals surface area contributed by atoms with E-state index in [-0.39, 0.29) is 0 Å². The van der Waals surface area contributed by atoms with Gasteiger partial charge < -0.3 is 5.11 Å². The van der Waals surface area contributed by atoms with Crippen LogP contribution in [0.2, 0.25) is 0 Å². The number of carbonyl (C=O) groups is 1. The molecule has 1 amide bonds. The molecule has 0 fully saturated rings. The molecule has 3 aromatic rings. The van der Waals surface area contributed by atoms with Gasteiger partial charge in [-0.05, 0) is 35.5 Å². The molecule has 0 bridgehead atoms. The van der Waals surface area contributed by atoms with Gasteiger partial charge in [-0.25, -0.2) is 9.69 Å². The van der Waals surface area contributed by atoms with Gasteiger partial charge in [0.15, 0.2) is 0 Å². The Morgan fingerprint density at radius 1 is 1.17 bits per heavy atom. The van der Waals surface area contributed by atoms with E-state index in [1.165, 1.54) is 16.7 Å².